The quantitative estimate of drug-likeness (QED) is 0.829. The molecule has 1 aromatic carbocycles. The second kappa shape index (κ2) is 4.17. The summed E-state index contributed by atoms with van der Waals surface area (Å²) in [4.78, 5) is 5.81. The van der Waals surface area contributed by atoms with Crippen molar-refractivity contribution in [3.8, 4) is 0 Å². The Bertz CT molecular complexity index is 532. The summed E-state index contributed by atoms with van der Waals surface area (Å²) in [5.41, 5.74) is 3.79. The second-order valence-corrected chi connectivity index (χ2v) is 4.64. The molecule has 1 aromatic heterocycles. The predicted molar refractivity (Wildman–Crippen MR) is 69.1 cm³/mol. The minimum absolute atomic E-state index is 0.135. The maximum atomic E-state index is 9.60. The lowest BCUT2D eigenvalue weighted by Crippen LogP contribution is -2.37. The molecule has 0 radical (unpaired) electrons. The molecule has 90 valence electrons. The minimum Gasteiger partial charge on any atom is -0.394 e. The number of hydrogen-bond acceptors (Lipinski definition) is 2. The molecule has 2 aromatic rings. The highest BCUT2D eigenvalue weighted by atomic mass is 16.3. The first kappa shape index (κ1) is 10.8. The van der Waals surface area contributed by atoms with E-state index in [9.17, 15) is 5.11 Å². The van der Waals surface area contributed by atoms with E-state index in [-0.39, 0.29) is 12.6 Å². The third-order valence-electron chi connectivity index (χ3n) is 3.85. The van der Waals surface area contributed by atoms with Crippen LogP contribution in [0.2, 0.25) is 0 Å². The van der Waals surface area contributed by atoms with Gasteiger partial charge in [-0.15, -0.1) is 0 Å². The van der Waals surface area contributed by atoms with Gasteiger partial charge in [-0.25, -0.2) is 0 Å². The molecule has 2 heterocycles. The fraction of sp³-hybridized carbons (Fsp3) is 0.429. The average Bonchev–Trinajstić information content (AvgIpc) is 2.75. The number of aromatic amines is 1. The van der Waals surface area contributed by atoms with E-state index < -0.39 is 0 Å². The van der Waals surface area contributed by atoms with Crippen molar-refractivity contribution in [1.82, 2.24) is 9.88 Å². The number of aromatic nitrogens is 1. The number of nitrogens with one attached hydrogen (secondary N) is 1. The Hall–Kier alpha value is -1.32. The third-order valence-corrected chi connectivity index (χ3v) is 3.85. The van der Waals surface area contributed by atoms with Crippen LogP contribution in [0.25, 0.3) is 10.9 Å². The van der Waals surface area contributed by atoms with E-state index in [4.69, 9.17) is 0 Å². The zero-order valence-electron chi connectivity index (χ0n) is 10.1. The van der Waals surface area contributed by atoms with Crippen molar-refractivity contribution in [3.05, 3.63) is 35.5 Å². The molecule has 0 unspecified atom stereocenters. The van der Waals surface area contributed by atoms with Crippen LogP contribution in [-0.2, 0) is 6.42 Å². The Morgan fingerprint density at radius 3 is 3.00 bits per heavy atom. The Balaban J connectivity index is 2.16. The predicted octanol–water partition coefficient (Wildman–Crippen LogP) is 2.08. The van der Waals surface area contributed by atoms with Gasteiger partial charge in [-0.3, -0.25) is 4.90 Å². The first-order chi connectivity index (χ1) is 8.35. The van der Waals surface area contributed by atoms with Crippen molar-refractivity contribution in [1.29, 1.82) is 0 Å². The second-order valence-electron chi connectivity index (χ2n) is 4.64. The topological polar surface area (TPSA) is 39.3 Å². The van der Waals surface area contributed by atoms with E-state index in [2.05, 4.69) is 41.1 Å². The molecule has 0 fully saturated rings. The molecule has 2 N–H and O–H groups in total. The zero-order chi connectivity index (χ0) is 11.8. The van der Waals surface area contributed by atoms with Crippen LogP contribution in [0.4, 0.5) is 0 Å². The molecule has 0 saturated heterocycles. The summed E-state index contributed by atoms with van der Waals surface area (Å²) >= 11 is 0. The normalized spacial score (nSPS) is 20.7. The van der Waals surface area contributed by atoms with Crippen molar-refractivity contribution < 1.29 is 5.11 Å². The van der Waals surface area contributed by atoms with Gasteiger partial charge in [0.2, 0.25) is 0 Å². The van der Waals surface area contributed by atoms with Gasteiger partial charge in [0.25, 0.3) is 0 Å². The Kier molecular flexibility index (Phi) is 2.65. The Labute approximate surface area is 101 Å². The van der Waals surface area contributed by atoms with E-state index in [0.29, 0.717) is 0 Å². The number of hydrogen-bond donors (Lipinski definition) is 2. The number of fused-ring (bicyclic) bond motifs is 3. The van der Waals surface area contributed by atoms with Gasteiger partial charge in [0, 0.05) is 23.1 Å². The van der Waals surface area contributed by atoms with E-state index in [1.54, 1.807) is 0 Å². The van der Waals surface area contributed by atoms with Crippen molar-refractivity contribution in [3.63, 3.8) is 0 Å². The van der Waals surface area contributed by atoms with Crippen LogP contribution in [0, 0.1) is 0 Å². The first-order valence-electron chi connectivity index (χ1n) is 6.29. The summed E-state index contributed by atoms with van der Waals surface area (Å²) in [6, 6.07) is 8.54. The highest BCUT2D eigenvalue weighted by molar-refractivity contribution is 5.85. The third kappa shape index (κ3) is 1.58. The molecule has 3 heteroatoms. The number of benzene rings is 1. The highest BCUT2D eigenvalue weighted by Crippen LogP contribution is 2.33. The van der Waals surface area contributed by atoms with Crippen molar-refractivity contribution >= 4 is 10.9 Å². The molecule has 1 aliphatic heterocycles. The average molecular weight is 230 g/mol. The summed E-state index contributed by atoms with van der Waals surface area (Å²) in [6.45, 7) is 4.36. The SMILES string of the molecule is CCN1CCc2c([nH]c3ccccc23)[C@@H]1CO. The van der Waals surface area contributed by atoms with Crippen LogP contribution in [0.3, 0.4) is 0 Å². The van der Waals surface area contributed by atoms with Crippen LogP contribution in [0.5, 0.6) is 0 Å². The number of rotatable bonds is 2. The first-order valence-corrected chi connectivity index (χ1v) is 6.29. The number of para-hydroxylation sites is 1. The molecule has 3 rings (SSSR count). The number of nitrogens with zero attached hydrogens (tertiary/aromatic N) is 1. The Morgan fingerprint density at radius 1 is 1.41 bits per heavy atom. The lowest BCUT2D eigenvalue weighted by molar-refractivity contribution is 0.117. The van der Waals surface area contributed by atoms with E-state index in [1.165, 1.54) is 22.2 Å². The van der Waals surface area contributed by atoms with Crippen LogP contribution >= 0.6 is 0 Å². The fourth-order valence-electron chi connectivity index (χ4n) is 2.95. The summed E-state index contributed by atoms with van der Waals surface area (Å²) in [7, 11) is 0. The van der Waals surface area contributed by atoms with Gasteiger partial charge in [-0.1, -0.05) is 25.1 Å². The zero-order valence-corrected chi connectivity index (χ0v) is 10.1. The van der Waals surface area contributed by atoms with Crippen molar-refractivity contribution in [2.75, 3.05) is 19.7 Å². The van der Waals surface area contributed by atoms with Gasteiger partial charge < -0.3 is 10.1 Å². The van der Waals surface area contributed by atoms with Gasteiger partial charge >= 0.3 is 0 Å². The molecule has 1 atom stereocenters. The molecule has 1 aliphatic rings. The van der Waals surface area contributed by atoms with E-state index in [0.717, 1.165) is 19.5 Å². The van der Waals surface area contributed by atoms with Gasteiger partial charge in [0.1, 0.15) is 0 Å². The van der Waals surface area contributed by atoms with Crippen LogP contribution in [0.15, 0.2) is 24.3 Å². The molecule has 3 nitrogen and oxygen atoms in total. The van der Waals surface area contributed by atoms with Crippen LogP contribution in [-0.4, -0.2) is 34.7 Å². The van der Waals surface area contributed by atoms with Gasteiger partial charge in [-0.05, 0) is 24.6 Å². The van der Waals surface area contributed by atoms with E-state index >= 15 is 0 Å². The maximum absolute atomic E-state index is 9.60. The monoisotopic (exact) mass is 230 g/mol. The molecule has 17 heavy (non-hydrogen) atoms. The molecule has 0 bridgehead atoms. The maximum Gasteiger partial charge on any atom is 0.0735 e. The standard InChI is InChI=1S/C14H18N2O/c1-2-16-8-7-11-10-5-3-4-6-12(10)15-14(11)13(16)9-17/h3-6,13,15,17H,2,7-9H2,1H3/t13-/m0/s1. The molecular formula is C14H18N2O. The summed E-state index contributed by atoms with van der Waals surface area (Å²) < 4.78 is 0. The number of aliphatic hydroxyl groups excluding tert-OH is 1. The van der Waals surface area contributed by atoms with Gasteiger partial charge in [0.05, 0.1) is 12.6 Å². The molecule has 0 amide bonds. The largest absolute Gasteiger partial charge is 0.394 e. The fourth-order valence-corrected chi connectivity index (χ4v) is 2.95. The summed E-state index contributed by atoms with van der Waals surface area (Å²) in [5, 5.41) is 10.9. The highest BCUT2D eigenvalue weighted by Gasteiger charge is 2.28. The number of H-pyrrole nitrogens is 1. The van der Waals surface area contributed by atoms with Crippen molar-refractivity contribution in [2.45, 2.75) is 19.4 Å². The number of aliphatic hydroxyl groups is 1. The number of likely N-dealkylation sites (N-methyl/N-ethyl adjacent to an activating group) is 1. The minimum atomic E-state index is 0.135. The van der Waals surface area contributed by atoms with Crippen molar-refractivity contribution in [2.24, 2.45) is 0 Å². The lowest BCUT2D eigenvalue weighted by Gasteiger charge is -2.33. The van der Waals surface area contributed by atoms with Crippen LogP contribution < -0.4 is 0 Å². The van der Waals surface area contributed by atoms with E-state index in [1.807, 2.05) is 0 Å². The van der Waals surface area contributed by atoms with Gasteiger partial charge in [-0.2, -0.15) is 0 Å². The summed E-state index contributed by atoms with van der Waals surface area (Å²) in [6.07, 6.45) is 1.07. The molecular weight excluding hydrogens is 212 g/mol. The molecule has 0 aliphatic carbocycles. The lowest BCUT2D eigenvalue weighted by atomic mass is 9.98. The molecule has 0 spiro atoms. The molecule has 0 saturated carbocycles. The summed E-state index contributed by atoms with van der Waals surface area (Å²) in [5.74, 6) is 0. The smallest absolute Gasteiger partial charge is 0.0735 e. The Morgan fingerprint density at radius 2 is 2.24 bits per heavy atom. The van der Waals surface area contributed by atoms with Crippen LogP contribution in [0.1, 0.15) is 24.2 Å². The van der Waals surface area contributed by atoms with Gasteiger partial charge in [0.15, 0.2) is 0 Å².